The van der Waals surface area contributed by atoms with Crippen LogP contribution in [0.3, 0.4) is 0 Å². The van der Waals surface area contributed by atoms with Gasteiger partial charge < -0.3 is 14.5 Å². The molecule has 2 aliphatic rings. The van der Waals surface area contributed by atoms with Crippen LogP contribution < -0.4 is 0 Å². The SMILES string of the molecule is CC(=O)N1CCC(/C=C/C(=O)OC(=O)CC(C)(C)N2CCC=CC2=O)CC1. The van der Waals surface area contributed by atoms with E-state index in [9.17, 15) is 19.2 Å². The highest BCUT2D eigenvalue weighted by atomic mass is 16.6. The number of esters is 2. The number of hydrogen-bond acceptors (Lipinski definition) is 5. The normalized spacial score (nSPS) is 18.9. The predicted octanol–water partition coefficient (Wildman–Crippen LogP) is 1.83. The Morgan fingerprint density at radius 1 is 1.22 bits per heavy atom. The Balaban J connectivity index is 1.80. The van der Waals surface area contributed by atoms with Crippen LogP contribution in [0.15, 0.2) is 24.3 Å². The molecule has 0 aromatic rings. The average Bonchev–Trinajstić information content (AvgIpc) is 2.60. The van der Waals surface area contributed by atoms with Gasteiger partial charge in [-0.2, -0.15) is 0 Å². The van der Waals surface area contributed by atoms with Gasteiger partial charge in [0, 0.05) is 38.2 Å². The number of hydrogen-bond donors (Lipinski definition) is 0. The van der Waals surface area contributed by atoms with Crippen molar-refractivity contribution in [1.82, 2.24) is 9.80 Å². The fourth-order valence-electron chi connectivity index (χ4n) is 3.44. The number of carbonyl (C=O) groups is 4. The Bertz CT molecular complexity index is 657. The van der Waals surface area contributed by atoms with Crippen LogP contribution in [0, 0.1) is 5.92 Å². The van der Waals surface area contributed by atoms with E-state index in [1.807, 2.05) is 6.08 Å². The monoisotopic (exact) mass is 376 g/mol. The molecule has 2 aliphatic heterocycles. The van der Waals surface area contributed by atoms with E-state index in [1.54, 1.807) is 36.6 Å². The molecule has 1 saturated heterocycles. The number of likely N-dealkylation sites (tertiary alicyclic amines) is 1. The summed E-state index contributed by atoms with van der Waals surface area (Å²) in [6.45, 7) is 7.01. The van der Waals surface area contributed by atoms with Gasteiger partial charge >= 0.3 is 11.9 Å². The molecule has 1 fully saturated rings. The first-order valence-electron chi connectivity index (χ1n) is 9.35. The molecule has 7 heteroatoms. The molecule has 0 spiro atoms. The number of ether oxygens (including phenoxy) is 1. The lowest BCUT2D eigenvalue weighted by molar-refractivity contribution is -0.158. The minimum Gasteiger partial charge on any atom is -0.390 e. The maximum Gasteiger partial charge on any atom is 0.338 e. The Kier molecular flexibility index (Phi) is 6.93. The molecule has 2 heterocycles. The van der Waals surface area contributed by atoms with Gasteiger partial charge in [0.25, 0.3) is 0 Å². The summed E-state index contributed by atoms with van der Waals surface area (Å²) < 4.78 is 4.88. The molecule has 0 bridgehead atoms. The van der Waals surface area contributed by atoms with Gasteiger partial charge in [-0.3, -0.25) is 14.4 Å². The topological polar surface area (TPSA) is 84.0 Å². The zero-order chi connectivity index (χ0) is 20.0. The number of carbonyl (C=O) groups excluding carboxylic acids is 4. The molecular weight excluding hydrogens is 348 g/mol. The molecule has 0 radical (unpaired) electrons. The summed E-state index contributed by atoms with van der Waals surface area (Å²) in [5.74, 6) is -1.23. The molecule has 2 amide bonds. The van der Waals surface area contributed by atoms with E-state index in [1.165, 1.54) is 12.2 Å². The van der Waals surface area contributed by atoms with Crippen LogP contribution in [0.25, 0.3) is 0 Å². The minimum atomic E-state index is -0.720. The Labute approximate surface area is 160 Å². The Hall–Kier alpha value is -2.44. The van der Waals surface area contributed by atoms with Crippen molar-refractivity contribution in [3.63, 3.8) is 0 Å². The van der Waals surface area contributed by atoms with Crippen molar-refractivity contribution in [1.29, 1.82) is 0 Å². The van der Waals surface area contributed by atoms with Crippen molar-refractivity contribution in [2.24, 2.45) is 5.92 Å². The molecule has 7 nitrogen and oxygen atoms in total. The summed E-state index contributed by atoms with van der Waals surface area (Å²) in [5.41, 5.74) is -0.720. The van der Waals surface area contributed by atoms with Gasteiger partial charge in [-0.1, -0.05) is 12.2 Å². The Morgan fingerprint density at radius 2 is 1.89 bits per heavy atom. The number of rotatable bonds is 5. The highest BCUT2D eigenvalue weighted by Crippen LogP contribution is 2.23. The lowest BCUT2D eigenvalue weighted by Crippen LogP contribution is -2.50. The molecule has 2 rings (SSSR count). The van der Waals surface area contributed by atoms with E-state index < -0.39 is 17.5 Å². The first kappa shape index (κ1) is 20.9. The minimum absolute atomic E-state index is 0.0524. The molecule has 0 aromatic heterocycles. The third-order valence-electron chi connectivity index (χ3n) is 5.06. The van der Waals surface area contributed by atoms with E-state index in [0.717, 1.165) is 19.3 Å². The van der Waals surface area contributed by atoms with Crippen LogP contribution in [-0.4, -0.2) is 58.7 Å². The first-order chi connectivity index (χ1) is 12.7. The van der Waals surface area contributed by atoms with Crippen LogP contribution in [0.4, 0.5) is 0 Å². The van der Waals surface area contributed by atoms with E-state index in [-0.39, 0.29) is 24.2 Å². The third-order valence-corrected chi connectivity index (χ3v) is 5.06. The van der Waals surface area contributed by atoms with E-state index >= 15 is 0 Å². The van der Waals surface area contributed by atoms with E-state index in [2.05, 4.69) is 0 Å². The van der Waals surface area contributed by atoms with Crippen LogP contribution >= 0.6 is 0 Å². The fourth-order valence-corrected chi connectivity index (χ4v) is 3.44. The number of nitrogens with zero attached hydrogens (tertiary/aromatic N) is 2. The van der Waals surface area contributed by atoms with Crippen LogP contribution in [0.2, 0.25) is 0 Å². The second kappa shape index (κ2) is 8.97. The molecule has 0 N–H and O–H groups in total. The van der Waals surface area contributed by atoms with Gasteiger partial charge in [-0.25, -0.2) is 4.79 Å². The second-order valence-corrected chi connectivity index (χ2v) is 7.67. The van der Waals surface area contributed by atoms with Crippen LogP contribution in [0.5, 0.6) is 0 Å². The van der Waals surface area contributed by atoms with Crippen molar-refractivity contribution in [3.05, 3.63) is 24.3 Å². The lowest BCUT2D eigenvalue weighted by Gasteiger charge is -2.38. The van der Waals surface area contributed by atoms with Crippen LogP contribution in [-0.2, 0) is 23.9 Å². The highest BCUT2D eigenvalue weighted by Gasteiger charge is 2.34. The van der Waals surface area contributed by atoms with Gasteiger partial charge in [0.05, 0.1) is 6.42 Å². The molecule has 0 aromatic carbocycles. The molecule has 0 atom stereocenters. The Morgan fingerprint density at radius 3 is 2.48 bits per heavy atom. The summed E-state index contributed by atoms with van der Waals surface area (Å²) in [5, 5.41) is 0. The number of amides is 2. The van der Waals surface area contributed by atoms with Gasteiger partial charge in [0.1, 0.15) is 0 Å². The molecule has 0 unspecified atom stereocenters. The van der Waals surface area contributed by atoms with Crippen molar-refractivity contribution in [2.45, 2.75) is 52.0 Å². The van der Waals surface area contributed by atoms with Gasteiger partial charge in [0.15, 0.2) is 0 Å². The molecule has 148 valence electrons. The third kappa shape index (κ3) is 6.05. The maximum atomic E-state index is 12.1. The van der Waals surface area contributed by atoms with E-state index in [0.29, 0.717) is 19.6 Å². The summed E-state index contributed by atoms with van der Waals surface area (Å²) in [4.78, 5) is 50.7. The fraction of sp³-hybridized carbons (Fsp3) is 0.600. The van der Waals surface area contributed by atoms with E-state index in [4.69, 9.17) is 4.74 Å². The average molecular weight is 376 g/mol. The van der Waals surface area contributed by atoms with Crippen molar-refractivity contribution >= 4 is 23.8 Å². The van der Waals surface area contributed by atoms with Crippen LogP contribution in [0.1, 0.15) is 46.5 Å². The van der Waals surface area contributed by atoms with Gasteiger partial charge in [-0.15, -0.1) is 0 Å². The summed E-state index contributed by atoms with van der Waals surface area (Å²) in [7, 11) is 0. The van der Waals surface area contributed by atoms with Gasteiger partial charge in [-0.05, 0) is 45.1 Å². The first-order valence-corrected chi connectivity index (χ1v) is 9.35. The van der Waals surface area contributed by atoms with Gasteiger partial charge in [0.2, 0.25) is 11.8 Å². The second-order valence-electron chi connectivity index (χ2n) is 7.67. The standard InChI is InChI=1S/C20H28N2O5/c1-15(23)21-12-9-16(10-13-21)7-8-18(25)27-19(26)14-20(2,3)22-11-5-4-6-17(22)24/h4,6-8,16H,5,9-14H2,1-3H3/b8-7+. The molecule has 0 aliphatic carbocycles. The molecule has 27 heavy (non-hydrogen) atoms. The lowest BCUT2D eigenvalue weighted by atomic mass is 9.96. The van der Waals surface area contributed by atoms with Crippen molar-refractivity contribution in [2.75, 3.05) is 19.6 Å². The number of piperidine rings is 1. The summed E-state index contributed by atoms with van der Waals surface area (Å²) >= 11 is 0. The summed E-state index contributed by atoms with van der Waals surface area (Å²) in [6, 6.07) is 0. The predicted molar refractivity (Wildman–Crippen MR) is 99.4 cm³/mol. The van der Waals surface area contributed by atoms with Crippen molar-refractivity contribution in [3.8, 4) is 0 Å². The quantitative estimate of drug-likeness (QED) is 0.415. The highest BCUT2D eigenvalue weighted by molar-refractivity contribution is 5.93. The largest absolute Gasteiger partial charge is 0.390 e. The number of allylic oxidation sites excluding steroid dienone is 1. The molecular formula is C20H28N2O5. The summed E-state index contributed by atoms with van der Waals surface area (Å²) in [6.07, 6.45) is 8.61. The van der Waals surface area contributed by atoms with Crippen molar-refractivity contribution < 1.29 is 23.9 Å². The smallest absolute Gasteiger partial charge is 0.338 e. The zero-order valence-corrected chi connectivity index (χ0v) is 16.3. The molecule has 0 saturated carbocycles. The zero-order valence-electron chi connectivity index (χ0n) is 16.3. The maximum absolute atomic E-state index is 12.1.